The van der Waals surface area contributed by atoms with Crippen molar-refractivity contribution in [3.05, 3.63) is 29.3 Å². The first-order chi connectivity index (χ1) is 7.19. The normalized spacial score (nSPS) is 12.5. The number of unbranched alkanes of at least 4 members (excludes halogenated alkanes) is 1. The molecule has 1 rings (SSSR count). The molecule has 1 aromatic carbocycles. The van der Waals surface area contributed by atoms with Gasteiger partial charge in [-0.3, -0.25) is 0 Å². The van der Waals surface area contributed by atoms with Crippen LogP contribution in [0.5, 0.6) is 5.75 Å². The molecule has 1 atom stereocenters. The van der Waals surface area contributed by atoms with Crippen LogP contribution in [-0.4, -0.2) is 7.11 Å². The van der Waals surface area contributed by atoms with E-state index in [9.17, 15) is 0 Å². The molecule has 84 valence electrons. The van der Waals surface area contributed by atoms with Crippen molar-refractivity contribution in [2.75, 3.05) is 7.11 Å². The lowest BCUT2D eigenvalue weighted by molar-refractivity contribution is 0.411. The SMILES string of the molecule is CCCCC(Br)c1ccc(OC)c(C)c1. The third kappa shape index (κ3) is 3.53. The molecule has 1 unspecified atom stereocenters. The van der Waals surface area contributed by atoms with Crippen LogP contribution in [0.15, 0.2) is 18.2 Å². The summed E-state index contributed by atoms with van der Waals surface area (Å²) in [5.41, 5.74) is 2.55. The van der Waals surface area contributed by atoms with E-state index in [0.717, 1.165) is 5.75 Å². The van der Waals surface area contributed by atoms with Crippen molar-refractivity contribution < 1.29 is 4.74 Å². The predicted octanol–water partition coefficient (Wildman–Crippen LogP) is 4.63. The van der Waals surface area contributed by atoms with Crippen molar-refractivity contribution in [1.82, 2.24) is 0 Å². The summed E-state index contributed by atoms with van der Waals surface area (Å²) >= 11 is 3.73. The molecule has 0 aromatic heterocycles. The Morgan fingerprint density at radius 2 is 2.13 bits per heavy atom. The molecule has 0 saturated carbocycles. The van der Waals surface area contributed by atoms with Crippen molar-refractivity contribution in [3.8, 4) is 5.75 Å². The molecule has 0 spiro atoms. The summed E-state index contributed by atoms with van der Waals surface area (Å²) in [5.74, 6) is 0.967. The van der Waals surface area contributed by atoms with E-state index in [2.05, 4.69) is 41.9 Å². The number of benzene rings is 1. The van der Waals surface area contributed by atoms with E-state index in [4.69, 9.17) is 4.74 Å². The zero-order chi connectivity index (χ0) is 11.3. The Morgan fingerprint density at radius 3 is 2.67 bits per heavy atom. The fourth-order valence-corrected chi connectivity index (χ4v) is 2.25. The zero-order valence-electron chi connectivity index (χ0n) is 9.72. The Labute approximate surface area is 101 Å². The molecule has 0 radical (unpaired) electrons. The van der Waals surface area contributed by atoms with Crippen LogP contribution in [0, 0.1) is 6.92 Å². The highest BCUT2D eigenvalue weighted by Crippen LogP contribution is 2.31. The van der Waals surface area contributed by atoms with Crippen LogP contribution in [0.25, 0.3) is 0 Å². The third-order valence-corrected chi connectivity index (χ3v) is 3.58. The minimum absolute atomic E-state index is 0.474. The van der Waals surface area contributed by atoms with Gasteiger partial charge in [0.25, 0.3) is 0 Å². The van der Waals surface area contributed by atoms with E-state index < -0.39 is 0 Å². The van der Waals surface area contributed by atoms with E-state index in [1.54, 1.807) is 7.11 Å². The number of hydrogen-bond donors (Lipinski definition) is 0. The molecule has 0 bridgehead atoms. The maximum atomic E-state index is 5.25. The molecule has 15 heavy (non-hydrogen) atoms. The zero-order valence-corrected chi connectivity index (χ0v) is 11.3. The Hall–Kier alpha value is -0.500. The molecular weight excluding hydrogens is 252 g/mol. The average molecular weight is 271 g/mol. The molecule has 0 amide bonds. The van der Waals surface area contributed by atoms with Gasteiger partial charge in [-0.2, -0.15) is 0 Å². The summed E-state index contributed by atoms with van der Waals surface area (Å²) in [4.78, 5) is 0.474. The lowest BCUT2D eigenvalue weighted by Crippen LogP contribution is -1.93. The maximum Gasteiger partial charge on any atom is 0.121 e. The van der Waals surface area contributed by atoms with Crippen LogP contribution in [-0.2, 0) is 0 Å². The van der Waals surface area contributed by atoms with Gasteiger partial charge in [0.05, 0.1) is 7.11 Å². The van der Waals surface area contributed by atoms with E-state index in [0.29, 0.717) is 4.83 Å². The van der Waals surface area contributed by atoms with Gasteiger partial charge in [0, 0.05) is 4.83 Å². The average Bonchev–Trinajstić information content (AvgIpc) is 2.25. The number of rotatable bonds is 5. The fourth-order valence-electron chi connectivity index (χ4n) is 1.65. The quantitative estimate of drug-likeness (QED) is 0.709. The number of hydrogen-bond acceptors (Lipinski definition) is 1. The van der Waals surface area contributed by atoms with Crippen LogP contribution in [0.1, 0.15) is 42.1 Å². The van der Waals surface area contributed by atoms with E-state index >= 15 is 0 Å². The molecule has 0 aliphatic heterocycles. The molecule has 0 saturated heterocycles. The topological polar surface area (TPSA) is 9.23 Å². The smallest absolute Gasteiger partial charge is 0.121 e. The van der Waals surface area contributed by atoms with Gasteiger partial charge in [0.1, 0.15) is 5.75 Å². The second-order valence-corrected chi connectivity index (χ2v) is 4.94. The van der Waals surface area contributed by atoms with Gasteiger partial charge in [-0.25, -0.2) is 0 Å². The van der Waals surface area contributed by atoms with Gasteiger partial charge in [0.15, 0.2) is 0 Å². The number of ether oxygens (including phenoxy) is 1. The standard InChI is InChI=1S/C13H19BrO/c1-4-5-6-12(14)11-7-8-13(15-3)10(2)9-11/h7-9,12H,4-6H2,1-3H3. The van der Waals surface area contributed by atoms with Gasteiger partial charge in [-0.05, 0) is 30.5 Å². The second kappa shape index (κ2) is 6.16. The predicted molar refractivity (Wildman–Crippen MR) is 68.9 cm³/mol. The lowest BCUT2D eigenvalue weighted by Gasteiger charge is -2.12. The van der Waals surface area contributed by atoms with Crippen molar-refractivity contribution in [3.63, 3.8) is 0 Å². The van der Waals surface area contributed by atoms with Crippen LogP contribution in [0.4, 0.5) is 0 Å². The van der Waals surface area contributed by atoms with Gasteiger partial charge >= 0.3 is 0 Å². The molecule has 1 aromatic rings. The molecule has 0 heterocycles. The van der Waals surface area contributed by atoms with Gasteiger partial charge in [0.2, 0.25) is 0 Å². The maximum absolute atomic E-state index is 5.25. The van der Waals surface area contributed by atoms with Gasteiger partial charge in [-0.15, -0.1) is 0 Å². The van der Waals surface area contributed by atoms with Crippen LogP contribution in [0.3, 0.4) is 0 Å². The highest BCUT2D eigenvalue weighted by molar-refractivity contribution is 9.09. The van der Waals surface area contributed by atoms with Crippen LogP contribution >= 0.6 is 15.9 Å². The minimum atomic E-state index is 0.474. The summed E-state index contributed by atoms with van der Waals surface area (Å²) in [7, 11) is 1.71. The fraction of sp³-hybridized carbons (Fsp3) is 0.538. The second-order valence-electron chi connectivity index (χ2n) is 3.84. The van der Waals surface area contributed by atoms with Crippen molar-refractivity contribution in [1.29, 1.82) is 0 Å². The summed E-state index contributed by atoms with van der Waals surface area (Å²) in [6.07, 6.45) is 3.71. The molecule has 1 nitrogen and oxygen atoms in total. The van der Waals surface area contributed by atoms with Crippen molar-refractivity contribution in [2.24, 2.45) is 0 Å². The first kappa shape index (κ1) is 12.6. The summed E-state index contributed by atoms with van der Waals surface area (Å²) < 4.78 is 5.25. The summed E-state index contributed by atoms with van der Waals surface area (Å²) in [6.45, 7) is 4.31. The molecule has 0 aliphatic carbocycles. The van der Waals surface area contributed by atoms with E-state index in [-0.39, 0.29) is 0 Å². The van der Waals surface area contributed by atoms with Crippen molar-refractivity contribution in [2.45, 2.75) is 37.9 Å². The van der Waals surface area contributed by atoms with E-state index in [1.807, 2.05) is 6.07 Å². The third-order valence-electron chi connectivity index (χ3n) is 2.59. The number of methoxy groups -OCH3 is 1. The Balaban J connectivity index is 2.73. The van der Waals surface area contributed by atoms with Gasteiger partial charge in [-0.1, -0.05) is 47.8 Å². The highest BCUT2D eigenvalue weighted by Gasteiger charge is 2.08. The van der Waals surface area contributed by atoms with Crippen molar-refractivity contribution >= 4 is 15.9 Å². The summed E-state index contributed by atoms with van der Waals surface area (Å²) in [5, 5.41) is 0. The van der Waals surface area contributed by atoms with Crippen LogP contribution in [0.2, 0.25) is 0 Å². The number of aryl methyl sites for hydroxylation is 1. The van der Waals surface area contributed by atoms with E-state index in [1.165, 1.54) is 30.4 Å². The highest BCUT2D eigenvalue weighted by atomic mass is 79.9. The molecule has 0 aliphatic rings. The molecular formula is C13H19BrO. The summed E-state index contributed by atoms with van der Waals surface area (Å²) in [6, 6.07) is 6.39. The molecule has 0 fully saturated rings. The lowest BCUT2D eigenvalue weighted by atomic mass is 10.0. The first-order valence-corrected chi connectivity index (χ1v) is 6.39. The molecule has 0 N–H and O–H groups in total. The Kier molecular flexibility index (Phi) is 5.16. The van der Waals surface area contributed by atoms with Gasteiger partial charge < -0.3 is 4.74 Å². The Bertz CT molecular complexity index is 309. The Morgan fingerprint density at radius 1 is 1.40 bits per heavy atom. The largest absolute Gasteiger partial charge is 0.496 e. The minimum Gasteiger partial charge on any atom is -0.496 e. The molecule has 2 heteroatoms. The number of alkyl halides is 1. The monoisotopic (exact) mass is 270 g/mol. The first-order valence-electron chi connectivity index (χ1n) is 5.47. The van der Waals surface area contributed by atoms with Crippen LogP contribution < -0.4 is 4.74 Å². The number of halogens is 1.